The molecule has 0 aliphatic heterocycles. The SMILES string of the molecule is CCNC(=NCc1ccn(C)c1)NCc1ccc(F)cc1CSC. The standard InChI is InChI=1S/C18H25FN4S/c1-4-20-18(21-10-14-7-8-23(2)12-14)22-11-15-5-6-17(19)9-16(15)13-24-3/h5-9,12H,4,10-11,13H2,1-3H3,(H2,20,21,22). The molecule has 0 amide bonds. The topological polar surface area (TPSA) is 41.4 Å². The van der Waals surface area contributed by atoms with Crippen LogP contribution >= 0.6 is 11.8 Å². The van der Waals surface area contributed by atoms with E-state index in [1.165, 1.54) is 11.6 Å². The van der Waals surface area contributed by atoms with Crippen LogP contribution in [0.25, 0.3) is 0 Å². The third kappa shape index (κ3) is 5.60. The Morgan fingerprint density at radius 3 is 2.75 bits per heavy atom. The Hall–Kier alpha value is -1.95. The van der Waals surface area contributed by atoms with Crippen LogP contribution in [0.3, 0.4) is 0 Å². The molecule has 6 heteroatoms. The molecule has 0 aliphatic carbocycles. The van der Waals surface area contributed by atoms with Gasteiger partial charge in [0.15, 0.2) is 5.96 Å². The molecule has 2 N–H and O–H groups in total. The van der Waals surface area contributed by atoms with Crippen molar-refractivity contribution in [3.05, 3.63) is 59.2 Å². The van der Waals surface area contributed by atoms with Crippen LogP contribution in [0.4, 0.5) is 4.39 Å². The number of halogens is 1. The number of guanidine groups is 1. The second-order valence-corrected chi connectivity index (χ2v) is 6.45. The zero-order valence-corrected chi connectivity index (χ0v) is 15.3. The van der Waals surface area contributed by atoms with Crippen molar-refractivity contribution in [1.82, 2.24) is 15.2 Å². The van der Waals surface area contributed by atoms with Gasteiger partial charge < -0.3 is 15.2 Å². The molecule has 0 bridgehead atoms. The lowest BCUT2D eigenvalue weighted by Gasteiger charge is -2.14. The van der Waals surface area contributed by atoms with Crippen molar-refractivity contribution in [2.75, 3.05) is 12.8 Å². The molecule has 2 rings (SSSR count). The van der Waals surface area contributed by atoms with Gasteiger partial charge in [-0.3, -0.25) is 0 Å². The van der Waals surface area contributed by atoms with Gasteiger partial charge in [0.05, 0.1) is 6.54 Å². The Morgan fingerprint density at radius 2 is 2.08 bits per heavy atom. The first-order valence-electron chi connectivity index (χ1n) is 8.01. The molecule has 1 aromatic heterocycles. The maximum Gasteiger partial charge on any atom is 0.191 e. The summed E-state index contributed by atoms with van der Waals surface area (Å²) < 4.78 is 15.4. The zero-order valence-electron chi connectivity index (χ0n) is 14.5. The molecule has 0 fully saturated rings. The highest BCUT2D eigenvalue weighted by Crippen LogP contribution is 2.16. The fraction of sp³-hybridized carbons (Fsp3) is 0.389. The summed E-state index contributed by atoms with van der Waals surface area (Å²) in [6.07, 6.45) is 6.09. The number of hydrogen-bond acceptors (Lipinski definition) is 2. The highest BCUT2D eigenvalue weighted by Gasteiger charge is 2.05. The first-order chi connectivity index (χ1) is 11.6. The van der Waals surface area contributed by atoms with E-state index in [4.69, 9.17) is 0 Å². The fourth-order valence-electron chi connectivity index (χ4n) is 2.40. The summed E-state index contributed by atoms with van der Waals surface area (Å²) in [6, 6.07) is 7.02. The molecule has 0 unspecified atom stereocenters. The Bertz CT molecular complexity index is 681. The second kappa shape index (κ2) is 9.37. The van der Waals surface area contributed by atoms with Crippen LogP contribution in [-0.4, -0.2) is 23.3 Å². The summed E-state index contributed by atoms with van der Waals surface area (Å²) in [6.45, 7) is 4.08. The van der Waals surface area contributed by atoms with Crippen molar-refractivity contribution in [3.63, 3.8) is 0 Å². The van der Waals surface area contributed by atoms with Crippen LogP contribution in [0, 0.1) is 5.82 Å². The highest BCUT2D eigenvalue weighted by atomic mass is 32.2. The number of aliphatic imine (C=N–C) groups is 1. The van der Waals surface area contributed by atoms with Crippen molar-refractivity contribution in [3.8, 4) is 0 Å². The minimum absolute atomic E-state index is 0.188. The molecule has 0 saturated heterocycles. The fourth-order valence-corrected chi connectivity index (χ4v) is 2.98. The van der Waals surface area contributed by atoms with Crippen molar-refractivity contribution < 1.29 is 4.39 Å². The van der Waals surface area contributed by atoms with Crippen LogP contribution in [-0.2, 0) is 25.9 Å². The van der Waals surface area contributed by atoms with E-state index in [0.29, 0.717) is 13.1 Å². The lowest BCUT2D eigenvalue weighted by molar-refractivity contribution is 0.625. The number of aryl methyl sites for hydroxylation is 1. The van der Waals surface area contributed by atoms with Crippen LogP contribution < -0.4 is 10.6 Å². The van der Waals surface area contributed by atoms with E-state index < -0.39 is 0 Å². The number of aromatic nitrogens is 1. The maximum absolute atomic E-state index is 13.4. The van der Waals surface area contributed by atoms with Gasteiger partial charge in [-0.25, -0.2) is 9.38 Å². The van der Waals surface area contributed by atoms with Gasteiger partial charge in [-0.2, -0.15) is 11.8 Å². The molecular weight excluding hydrogens is 323 g/mol. The summed E-state index contributed by atoms with van der Waals surface area (Å²) in [5, 5.41) is 6.58. The third-order valence-corrected chi connectivity index (χ3v) is 4.17. The first kappa shape index (κ1) is 18.4. The van der Waals surface area contributed by atoms with E-state index in [1.807, 2.05) is 37.1 Å². The van der Waals surface area contributed by atoms with Gasteiger partial charge in [-0.15, -0.1) is 0 Å². The molecule has 2 aromatic rings. The zero-order chi connectivity index (χ0) is 17.4. The predicted octanol–water partition coefficient (Wildman–Crippen LogP) is 3.28. The number of nitrogens with zero attached hydrogens (tertiary/aromatic N) is 2. The van der Waals surface area contributed by atoms with Gasteiger partial charge in [0, 0.05) is 38.3 Å². The van der Waals surface area contributed by atoms with Gasteiger partial charge in [-0.05, 0) is 48.1 Å². The Balaban J connectivity index is 2.03. The summed E-state index contributed by atoms with van der Waals surface area (Å²) in [5.41, 5.74) is 3.28. The monoisotopic (exact) mass is 348 g/mol. The lowest BCUT2D eigenvalue weighted by atomic mass is 10.1. The van der Waals surface area contributed by atoms with E-state index in [1.54, 1.807) is 17.8 Å². The third-order valence-electron chi connectivity index (χ3n) is 3.57. The summed E-state index contributed by atoms with van der Waals surface area (Å²) in [7, 11) is 2.00. The number of thioether (sulfide) groups is 1. The molecule has 1 aromatic carbocycles. The Kier molecular flexibility index (Phi) is 7.18. The first-order valence-corrected chi connectivity index (χ1v) is 9.41. The average Bonchev–Trinajstić information content (AvgIpc) is 2.97. The number of hydrogen-bond donors (Lipinski definition) is 2. The normalized spacial score (nSPS) is 11.6. The Labute approximate surface area is 147 Å². The molecule has 1 heterocycles. The molecule has 0 aliphatic rings. The quantitative estimate of drug-likeness (QED) is 0.596. The van der Waals surface area contributed by atoms with E-state index in [9.17, 15) is 4.39 Å². The van der Waals surface area contributed by atoms with Crippen molar-refractivity contribution in [2.24, 2.45) is 12.0 Å². The lowest BCUT2D eigenvalue weighted by Crippen LogP contribution is -2.37. The van der Waals surface area contributed by atoms with Gasteiger partial charge in [0.25, 0.3) is 0 Å². The number of nitrogens with one attached hydrogen (secondary N) is 2. The van der Waals surface area contributed by atoms with E-state index in [2.05, 4.69) is 27.9 Å². The van der Waals surface area contributed by atoms with Gasteiger partial charge >= 0.3 is 0 Å². The molecule has 24 heavy (non-hydrogen) atoms. The van der Waals surface area contributed by atoms with E-state index in [-0.39, 0.29) is 5.82 Å². The minimum atomic E-state index is -0.188. The van der Waals surface area contributed by atoms with Crippen LogP contribution in [0.15, 0.2) is 41.7 Å². The Morgan fingerprint density at radius 1 is 1.25 bits per heavy atom. The van der Waals surface area contributed by atoms with E-state index >= 15 is 0 Å². The van der Waals surface area contributed by atoms with Gasteiger partial charge in [0.2, 0.25) is 0 Å². The smallest absolute Gasteiger partial charge is 0.191 e. The number of rotatable bonds is 7. The van der Waals surface area contributed by atoms with Crippen LogP contribution in [0.5, 0.6) is 0 Å². The van der Waals surface area contributed by atoms with Crippen molar-refractivity contribution in [2.45, 2.75) is 25.8 Å². The summed E-state index contributed by atoms with van der Waals surface area (Å²) in [5.74, 6) is 1.38. The largest absolute Gasteiger partial charge is 0.357 e. The van der Waals surface area contributed by atoms with Crippen LogP contribution in [0.1, 0.15) is 23.6 Å². The molecule has 0 atom stereocenters. The molecule has 0 radical (unpaired) electrons. The molecule has 0 saturated carbocycles. The highest BCUT2D eigenvalue weighted by molar-refractivity contribution is 7.97. The second-order valence-electron chi connectivity index (χ2n) is 5.58. The van der Waals surface area contributed by atoms with Crippen molar-refractivity contribution in [1.29, 1.82) is 0 Å². The van der Waals surface area contributed by atoms with Crippen molar-refractivity contribution >= 4 is 17.7 Å². The number of benzene rings is 1. The molecular formula is C18H25FN4S. The predicted molar refractivity (Wildman–Crippen MR) is 101 cm³/mol. The summed E-state index contributed by atoms with van der Waals surface area (Å²) in [4.78, 5) is 4.61. The minimum Gasteiger partial charge on any atom is -0.357 e. The average molecular weight is 348 g/mol. The molecule has 0 spiro atoms. The van der Waals surface area contributed by atoms with E-state index in [0.717, 1.165) is 29.4 Å². The van der Waals surface area contributed by atoms with Gasteiger partial charge in [-0.1, -0.05) is 6.07 Å². The molecule has 4 nitrogen and oxygen atoms in total. The maximum atomic E-state index is 13.4. The summed E-state index contributed by atoms with van der Waals surface area (Å²) >= 11 is 1.69. The van der Waals surface area contributed by atoms with Crippen LogP contribution in [0.2, 0.25) is 0 Å². The van der Waals surface area contributed by atoms with Gasteiger partial charge in [0.1, 0.15) is 5.82 Å². The molecule has 130 valence electrons.